The molecule has 12 heteroatoms. The lowest BCUT2D eigenvalue weighted by atomic mass is 10.1. The number of carbonyl (C=O) groups is 3. The van der Waals surface area contributed by atoms with Gasteiger partial charge in [-0.15, -0.1) is 0 Å². The third-order valence-corrected chi connectivity index (χ3v) is 8.05. The summed E-state index contributed by atoms with van der Waals surface area (Å²) in [6.07, 6.45) is 0.962. The number of carbonyl (C=O) groups excluding carboxylic acids is 3. The summed E-state index contributed by atoms with van der Waals surface area (Å²) in [5.41, 5.74) is 0.681. The number of amides is 3. The minimum absolute atomic E-state index is 0.0483. The normalized spacial score (nSPS) is 23.1. The van der Waals surface area contributed by atoms with Crippen molar-refractivity contribution in [3.8, 4) is 5.88 Å². The molecule has 0 radical (unpaired) electrons. The Balaban J connectivity index is 1.24. The van der Waals surface area contributed by atoms with E-state index in [-0.39, 0.29) is 61.6 Å². The number of hydrogen-bond acceptors (Lipinski definition) is 7. The third-order valence-electron chi connectivity index (χ3n) is 8.05. The van der Waals surface area contributed by atoms with Gasteiger partial charge in [-0.05, 0) is 30.3 Å². The molecular formula is C31H31F2N5O5. The zero-order chi connectivity index (χ0) is 29.9. The number of pyridine rings is 1. The maximum Gasteiger partial charge on any atom is 0.257 e. The largest absolute Gasteiger partial charge is 0.475 e. The summed E-state index contributed by atoms with van der Waals surface area (Å²) < 4.78 is 40.9. The maximum absolute atomic E-state index is 14.4. The molecule has 0 unspecified atom stereocenters. The van der Waals surface area contributed by atoms with Crippen LogP contribution in [0.1, 0.15) is 26.3 Å². The number of nitrogens with zero attached hydrogens (tertiary/aromatic N) is 4. The van der Waals surface area contributed by atoms with Crippen molar-refractivity contribution < 1.29 is 32.6 Å². The highest BCUT2D eigenvalue weighted by Gasteiger charge is 2.39. The van der Waals surface area contributed by atoms with E-state index < -0.39 is 35.8 Å². The molecule has 43 heavy (non-hydrogen) atoms. The van der Waals surface area contributed by atoms with Crippen LogP contribution in [0.4, 0.5) is 8.78 Å². The highest BCUT2D eigenvalue weighted by molar-refractivity contribution is 5.96. The number of ether oxygens (including phenoxy) is 2. The Labute approximate surface area is 247 Å². The lowest BCUT2D eigenvalue weighted by molar-refractivity contribution is -0.143. The average Bonchev–Trinajstić information content (AvgIpc) is 3.40. The van der Waals surface area contributed by atoms with Crippen LogP contribution in [0, 0.1) is 11.6 Å². The van der Waals surface area contributed by atoms with E-state index in [1.165, 1.54) is 35.4 Å². The molecule has 224 valence electrons. The number of fused-ring (bicyclic) bond motifs is 3. The van der Waals surface area contributed by atoms with Gasteiger partial charge in [-0.1, -0.05) is 30.3 Å². The fourth-order valence-electron chi connectivity index (χ4n) is 5.83. The van der Waals surface area contributed by atoms with Crippen LogP contribution in [0.2, 0.25) is 0 Å². The van der Waals surface area contributed by atoms with Gasteiger partial charge in [0.15, 0.2) is 0 Å². The van der Waals surface area contributed by atoms with Gasteiger partial charge < -0.3 is 24.6 Å². The van der Waals surface area contributed by atoms with Gasteiger partial charge in [-0.2, -0.15) is 0 Å². The minimum Gasteiger partial charge on any atom is -0.475 e. The summed E-state index contributed by atoms with van der Waals surface area (Å²) in [5, 5.41) is 2.99. The topological polar surface area (TPSA) is 104 Å². The van der Waals surface area contributed by atoms with Gasteiger partial charge in [0.1, 0.15) is 30.4 Å². The van der Waals surface area contributed by atoms with E-state index in [4.69, 9.17) is 9.47 Å². The van der Waals surface area contributed by atoms with E-state index >= 15 is 0 Å². The molecule has 0 spiro atoms. The molecule has 3 aliphatic rings. The Morgan fingerprint density at radius 2 is 1.74 bits per heavy atom. The second-order valence-electron chi connectivity index (χ2n) is 10.9. The summed E-state index contributed by atoms with van der Waals surface area (Å²) in [5.74, 6) is -2.05. The average molecular weight is 592 g/mol. The van der Waals surface area contributed by atoms with Crippen LogP contribution in [-0.4, -0.2) is 102 Å². The van der Waals surface area contributed by atoms with Gasteiger partial charge in [-0.3, -0.25) is 19.3 Å². The number of halogens is 2. The molecule has 1 aromatic heterocycles. The zero-order valence-electron chi connectivity index (χ0n) is 23.3. The summed E-state index contributed by atoms with van der Waals surface area (Å²) in [6, 6.07) is 14.4. The molecule has 1 N–H and O–H groups in total. The first-order chi connectivity index (χ1) is 20.9. The first-order valence-corrected chi connectivity index (χ1v) is 14.2. The summed E-state index contributed by atoms with van der Waals surface area (Å²) >= 11 is 0. The van der Waals surface area contributed by atoms with Gasteiger partial charge in [0.05, 0.1) is 23.8 Å². The van der Waals surface area contributed by atoms with Gasteiger partial charge in [-0.25, -0.2) is 13.8 Å². The summed E-state index contributed by atoms with van der Waals surface area (Å²) in [6.45, 7) is 1.25. The molecule has 2 fully saturated rings. The van der Waals surface area contributed by atoms with E-state index in [9.17, 15) is 23.2 Å². The number of hydrogen-bond donors (Lipinski definition) is 1. The molecule has 0 bridgehead atoms. The van der Waals surface area contributed by atoms with Crippen molar-refractivity contribution >= 4 is 17.7 Å². The van der Waals surface area contributed by atoms with E-state index in [1.54, 1.807) is 41.3 Å². The quantitative estimate of drug-likeness (QED) is 0.498. The van der Waals surface area contributed by atoms with Crippen LogP contribution < -0.4 is 10.1 Å². The van der Waals surface area contributed by atoms with Crippen molar-refractivity contribution in [2.75, 3.05) is 45.9 Å². The first kappa shape index (κ1) is 28.7. The first-order valence-electron chi connectivity index (χ1n) is 14.2. The predicted molar refractivity (Wildman–Crippen MR) is 150 cm³/mol. The molecule has 10 nitrogen and oxygen atoms in total. The molecule has 3 amide bonds. The van der Waals surface area contributed by atoms with Crippen LogP contribution in [0.25, 0.3) is 0 Å². The summed E-state index contributed by atoms with van der Waals surface area (Å²) in [7, 11) is 0. The Morgan fingerprint density at radius 1 is 0.953 bits per heavy atom. The fraction of sp³-hybridized carbons (Fsp3) is 0.355. The number of piperazine rings is 1. The van der Waals surface area contributed by atoms with Crippen LogP contribution >= 0.6 is 0 Å². The summed E-state index contributed by atoms with van der Waals surface area (Å²) in [4.78, 5) is 49.4. The molecule has 3 aromatic rings. The molecule has 2 aromatic carbocycles. The molecule has 0 aliphatic carbocycles. The van der Waals surface area contributed by atoms with Crippen molar-refractivity contribution in [2.45, 2.75) is 24.7 Å². The molecule has 3 aliphatic heterocycles. The van der Waals surface area contributed by atoms with Crippen LogP contribution in [0.15, 0.2) is 66.9 Å². The van der Waals surface area contributed by atoms with Crippen LogP contribution in [0.3, 0.4) is 0 Å². The highest BCUT2D eigenvalue weighted by atomic mass is 19.1. The number of rotatable bonds is 3. The van der Waals surface area contributed by atoms with E-state index in [1.807, 2.05) is 4.90 Å². The molecule has 4 heterocycles. The van der Waals surface area contributed by atoms with E-state index in [0.717, 1.165) is 0 Å². The Kier molecular flexibility index (Phi) is 8.30. The molecule has 6 rings (SSSR count). The smallest absolute Gasteiger partial charge is 0.257 e. The predicted octanol–water partition coefficient (Wildman–Crippen LogP) is 2.10. The molecular weight excluding hydrogens is 560 g/mol. The number of aromatic nitrogens is 1. The Hall–Kier alpha value is -4.42. The van der Waals surface area contributed by atoms with Crippen molar-refractivity contribution in [3.63, 3.8) is 0 Å². The molecule has 0 saturated carbocycles. The molecule has 3 atom stereocenters. The second kappa shape index (κ2) is 12.4. The maximum atomic E-state index is 14.4. The minimum atomic E-state index is -0.620. The second-order valence-corrected chi connectivity index (χ2v) is 10.9. The van der Waals surface area contributed by atoms with Gasteiger partial charge in [0, 0.05) is 51.0 Å². The highest BCUT2D eigenvalue weighted by Crippen LogP contribution is 2.23. The number of nitrogens with one attached hydrogen (secondary N) is 1. The van der Waals surface area contributed by atoms with Crippen LogP contribution in [-0.2, 0) is 16.1 Å². The molecule has 2 saturated heterocycles. The van der Waals surface area contributed by atoms with Gasteiger partial charge >= 0.3 is 0 Å². The van der Waals surface area contributed by atoms with Crippen LogP contribution in [0.5, 0.6) is 5.88 Å². The fourth-order valence-corrected chi connectivity index (χ4v) is 5.83. The SMILES string of the molecule is O=C1N[C@@H]2CN(Cc3ccccc3F)C[C@@H]2OCC(=O)N2CCN(C(=O)c3ccccc3F)C[C@H]2COc2ncccc21. The lowest BCUT2D eigenvalue weighted by Gasteiger charge is -2.41. The van der Waals surface area contributed by atoms with Crippen molar-refractivity contribution in [1.82, 2.24) is 25.0 Å². The van der Waals surface area contributed by atoms with Gasteiger partial charge in [0.25, 0.3) is 11.8 Å². The van der Waals surface area contributed by atoms with E-state index in [0.29, 0.717) is 25.2 Å². The monoisotopic (exact) mass is 591 g/mol. The van der Waals surface area contributed by atoms with Crippen molar-refractivity contribution in [2.24, 2.45) is 0 Å². The Bertz CT molecular complexity index is 1520. The van der Waals surface area contributed by atoms with Gasteiger partial charge in [0.2, 0.25) is 11.8 Å². The standard InChI is InChI=1S/C31H31F2N5O5/c32-24-9-3-1-6-20(24)14-36-16-26-27(17-36)42-19-28(39)38-13-12-37(31(41)22-7-2-4-10-25(22)33)15-21(38)18-43-30-23(29(40)35-26)8-5-11-34-30/h1-11,21,26-27H,12-19H2,(H,35,40)/t21-,26+,27-/m0/s1. The van der Waals surface area contributed by atoms with Crippen molar-refractivity contribution in [3.05, 3.63) is 95.2 Å². The lowest BCUT2D eigenvalue weighted by Crippen LogP contribution is -2.59. The zero-order valence-corrected chi connectivity index (χ0v) is 23.3. The Morgan fingerprint density at radius 3 is 2.56 bits per heavy atom. The number of benzene rings is 2. The number of likely N-dealkylation sites (tertiary alicyclic amines) is 1. The third kappa shape index (κ3) is 6.20. The van der Waals surface area contributed by atoms with E-state index in [2.05, 4.69) is 10.3 Å². The van der Waals surface area contributed by atoms with Crippen molar-refractivity contribution in [1.29, 1.82) is 0 Å².